The van der Waals surface area contributed by atoms with E-state index in [2.05, 4.69) is 186 Å². The normalized spacial score (nSPS) is 13.7. The van der Waals surface area contributed by atoms with Crippen LogP contribution >= 0.6 is 0 Å². The van der Waals surface area contributed by atoms with E-state index in [1.807, 2.05) is 0 Å². The molecule has 0 saturated heterocycles. The Morgan fingerprint density at radius 3 is 1.49 bits per heavy atom. The summed E-state index contributed by atoms with van der Waals surface area (Å²) in [7, 11) is 0. The van der Waals surface area contributed by atoms with Crippen molar-refractivity contribution < 1.29 is 0 Å². The first-order valence-electron chi connectivity index (χ1n) is 18.3. The lowest BCUT2D eigenvalue weighted by molar-refractivity contribution is 0.590. The van der Waals surface area contributed by atoms with E-state index in [1.54, 1.807) is 0 Å². The minimum Gasteiger partial charge on any atom is -0.0616 e. The molecule has 0 heterocycles. The van der Waals surface area contributed by atoms with Crippen LogP contribution in [0.4, 0.5) is 0 Å². The fourth-order valence-corrected chi connectivity index (χ4v) is 8.91. The Hall–Kier alpha value is -5.72. The van der Waals surface area contributed by atoms with Gasteiger partial charge in [-0.1, -0.05) is 162 Å². The summed E-state index contributed by atoms with van der Waals surface area (Å²) in [5.41, 5.74) is 20.0. The van der Waals surface area contributed by atoms with E-state index in [0.29, 0.717) is 0 Å². The molecule has 2 aliphatic carbocycles. The quantitative estimate of drug-likeness (QED) is 0.178. The average Bonchev–Trinajstić information content (AvgIpc) is 3.60. The molecule has 0 fully saturated rings. The molecule has 2 aliphatic rings. The van der Waals surface area contributed by atoms with Crippen molar-refractivity contribution in [3.8, 4) is 66.8 Å². The van der Waals surface area contributed by atoms with Crippen molar-refractivity contribution in [3.63, 3.8) is 0 Å². The number of fused-ring (bicyclic) bond motifs is 7. The minimum absolute atomic E-state index is 0.0885. The molecule has 0 heteroatoms. The molecule has 8 aromatic rings. The summed E-state index contributed by atoms with van der Waals surface area (Å²) >= 11 is 0. The van der Waals surface area contributed by atoms with Crippen LogP contribution in [0.3, 0.4) is 0 Å². The van der Waals surface area contributed by atoms with Crippen LogP contribution in [0.5, 0.6) is 0 Å². The van der Waals surface area contributed by atoms with E-state index >= 15 is 0 Å². The van der Waals surface area contributed by atoms with Gasteiger partial charge in [0, 0.05) is 5.41 Å². The predicted octanol–water partition coefficient (Wildman–Crippen LogP) is 14.2. The van der Waals surface area contributed by atoms with Crippen molar-refractivity contribution in [2.24, 2.45) is 0 Å². The van der Waals surface area contributed by atoms with Gasteiger partial charge < -0.3 is 0 Å². The Morgan fingerprint density at radius 1 is 0.373 bits per heavy atom. The molecule has 0 aromatic heterocycles. The second kappa shape index (κ2) is 10.6. The van der Waals surface area contributed by atoms with Gasteiger partial charge in [-0.2, -0.15) is 0 Å². The van der Waals surface area contributed by atoms with Crippen molar-refractivity contribution in [1.82, 2.24) is 0 Å². The topological polar surface area (TPSA) is 0 Å². The highest BCUT2D eigenvalue weighted by molar-refractivity contribution is 6.18. The number of hydrogen-bond donors (Lipinski definition) is 0. The van der Waals surface area contributed by atoms with Crippen LogP contribution in [-0.4, -0.2) is 0 Å². The van der Waals surface area contributed by atoms with Crippen molar-refractivity contribution >= 4 is 21.5 Å². The van der Waals surface area contributed by atoms with Crippen molar-refractivity contribution in [1.29, 1.82) is 0 Å². The molecule has 0 saturated carbocycles. The maximum absolute atomic E-state index is 2.44. The molecule has 0 unspecified atom stereocenters. The SMILES string of the molecule is CC(C)(C)c1ccc(-c2ccc3c(c2)C(C)(C)c2cc(-c4ccc5cc(-c6ccc7c8c(cccc68)-c6ccccc6-7)ccc5c4)ccc2-3)cc1. The number of hydrogen-bond acceptors (Lipinski definition) is 0. The summed E-state index contributed by atoms with van der Waals surface area (Å²) in [5.74, 6) is 0. The molecule has 8 aromatic carbocycles. The summed E-state index contributed by atoms with van der Waals surface area (Å²) in [6.07, 6.45) is 0. The first-order valence-corrected chi connectivity index (χ1v) is 18.3. The first kappa shape index (κ1) is 30.1. The Kier molecular flexibility index (Phi) is 6.29. The van der Waals surface area contributed by atoms with Gasteiger partial charge in [0.1, 0.15) is 0 Å². The highest BCUT2D eigenvalue weighted by Gasteiger charge is 2.36. The maximum Gasteiger partial charge on any atom is 0.0159 e. The third-order valence-corrected chi connectivity index (χ3v) is 11.8. The van der Waals surface area contributed by atoms with Crippen molar-refractivity contribution in [3.05, 3.63) is 168 Å². The van der Waals surface area contributed by atoms with Gasteiger partial charge in [0.15, 0.2) is 0 Å². The Labute approximate surface area is 301 Å². The molecule has 10 rings (SSSR count). The van der Waals surface area contributed by atoms with E-state index in [4.69, 9.17) is 0 Å². The molecular formula is C51H40. The third-order valence-electron chi connectivity index (χ3n) is 11.8. The largest absolute Gasteiger partial charge is 0.0616 e. The van der Waals surface area contributed by atoms with E-state index < -0.39 is 0 Å². The zero-order valence-electron chi connectivity index (χ0n) is 29.9. The summed E-state index contributed by atoms with van der Waals surface area (Å²) in [4.78, 5) is 0. The van der Waals surface area contributed by atoms with E-state index in [0.717, 1.165) is 0 Å². The number of benzene rings is 8. The molecule has 0 atom stereocenters. The van der Waals surface area contributed by atoms with Crippen LogP contribution in [0.15, 0.2) is 152 Å². The Bertz CT molecular complexity index is 2700. The van der Waals surface area contributed by atoms with Crippen LogP contribution in [0.25, 0.3) is 88.3 Å². The van der Waals surface area contributed by atoms with Gasteiger partial charge in [-0.25, -0.2) is 0 Å². The molecule has 0 aliphatic heterocycles. The summed E-state index contributed by atoms with van der Waals surface area (Å²) in [6, 6.07) is 57.4. The fraction of sp³-hybridized carbons (Fsp3) is 0.137. The summed E-state index contributed by atoms with van der Waals surface area (Å²) in [5, 5.41) is 5.23. The van der Waals surface area contributed by atoms with Gasteiger partial charge in [-0.05, 0) is 135 Å². The van der Waals surface area contributed by atoms with Gasteiger partial charge >= 0.3 is 0 Å². The first-order chi connectivity index (χ1) is 24.6. The predicted molar refractivity (Wildman–Crippen MR) is 218 cm³/mol. The molecule has 0 amide bonds. The van der Waals surface area contributed by atoms with Crippen molar-refractivity contribution in [2.75, 3.05) is 0 Å². The van der Waals surface area contributed by atoms with Gasteiger partial charge in [-0.15, -0.1) is 0 Å². The Balaban J connectivity index is 0.983. The van der Waals surface area contributed by atoms with E-state index in [9.17, 15) is 0 Å². The van der Waals surface area contributed by atoms with Crippen LogP contribution < -0.4 is 0 Å². The second-order valence-corrected chi connectivity index (χ2v) is 16.2. The highest BCUT2D eigenvalue weighted by Crippen LogP contribution is 2.52. The van der Waals surface area contributed by atoms with Gasteiger partial charge in [0.05, 0.1) is 0 Å². The number of rotatable bonds is 3. The van der Waals surface area contributed by atoms with Crippen molar-refractivity contribution in [2.45, 2.75) is 45.4 Å². The molecule has 51 heavy (non-hydrogen) atoms. The zero-order chi connectivity index (χ0) is 34.6. The van der Waals surface area contributed by atoms with Crippen LogP contribution in [-0.2, 0) is 10.8 Å². The van der Waals surface area contributed by atoms with Crippen LogP contribution in [0, 0.1) is 0 Å². The summed E-state index contributed by atoms with van der Waals surface area (Å²) in [6.45, 7) is 11.6. The molecular weight excluding hydrogens is 613 g/mol. The highest BCUT2D eigenvalue weighted by atomic mass is 14.4. The standard InChI is InChI=1S/C51H40/c1-50(2,3)38-21-17-31(18-22-38)35-19-23-42-43-24-20-36(30-48(43)51(4,5)47(42)29-35)33-13-14-34-28-37(16-15-32(34)27-33)39-25-26-46-41-10-7-6-9-40(41)45-12-8-11-44(39)49(45)46/h6-30H,1-5H3. The van der Waals surface area contributed by atoms with Crippen LogP contribution in [0.1, 0.15) is 51.3 Å². The lowest BCUT2D eigenvalue weighted by Gasteiger charge is -2.23. The third kappa shape index (κ3) is 4.52. The van der Waals surface area contributed by atoms with E-state index in [-0.39, 0.29) is 10.8 Å². The maximum atomic E-state index is 2.44. The lowest BCUT2D eigenvalue weighted by atomic mass is 9.80. The molecule has 0 spiro atoms. The second-order valence-electron chi connectivity index (χ2n) is 16.2. The zero-order valence-corrected chi connectivity index (χ0v) is 29.9. The van der Waals surface area contributed by atoms with Crippen LogP contribution in [0.2, 0.25) is 0 Å². The minimum atomic E-state index is -0.0885. The molecule has 0 bridgehead atoms. The molecule has 0 N–H and O–H groups in total. The van der Waals surface area contributed by atoms with Gasteiger partial charge in [0.2, 0.25) is 0 Å². The van der Waals surface area contributed by atoms with Gasteiger partial charge in [-0.3, -0.25) is 0 Å². The smallest absolute Gasteiger partial charge is 0.0159 e. The summed E-state index contributed by atoms with van der Waals surface area (Å²) < 4.78 is 0. The van der Waals surface area contributed by atoms with E-state index in [1.165, 1.54) is 105 Å². The fourth-order valence-electron chi connectivity index (χ4n) is 8.91. The average molecular weight is 653 g/mol. The Morgan fingerprint density at radius 2 is 0.843 bits per heavy atom. The monoisotopic (exact) mass is 652 g/mol. The lowest BCUT2D eigenvalue weighted by Crippen LogP contribution is -2.15. The molecule has 0 nitrogen and oxygen atoms in total. The molecule has 0 radical (unpaired) electrons. The molecule has 244 valence electrons. The van der Waals surface area contributed by atoms with Gasteiger partial charge in [0.25, 0.3) is 0 Å².